The average molecular weight is 383 g/mol. The van der Waals surface area contributed by atoms with Gasteiger partial charge >= 0.3 is 0 Å². The second-order valence-corrected chi connectivity index (χ2v) is 6.64. The standard InChI is InChI=1S/C20H18FN3O2S/c21-16-8-4-7-15(10-16)19(25)24-18(9-14-5-2-1-3-6-14)20(26)22-11-17-12-27-13-23-17/h1-8,10,12-13,18H,9,11H2,(H,22,26)(H,24,25)/t18-/m1/s1. The maximum atomic E-state index is 13.4. The van der Waals surface area contributed by atoms with Gasteiger partial charge in [-0.25, -0.2) is 9.37 Å². The third-order valence-electron chi connectivity index (χ3n) is 3.92. The van der Waals surface area contributed by atoms with Crippen molar-refractivity contribution in [1.29, 1.82) is 0 Å². The summed E-state index contributed by atoms with van der Waals surface area (Å²) >= 11 is 1.44. The molecular formula is C20H18FN3O2S. The summed E-state index contributed by atoms with van der Waals surface area (Å²) < 4.78 is 13.4. The van der Waals surface area contributed by atoms with E-state index in [9.17, 15) is 14.0 Å². The highest BCUT2D eigenvalue weighted by atomic mass is 32.1. The number of rotatable bonds is 7. The highest BCUT2D eigenvalue weighted by Crippen LogP contribution is 2.08. The van der Waals surface area contributed by atoms with Crippen LogP contribution in [0.4, 0.5) is 4.39 Å². The number of carbonyl (C=O) groups excluding carboxylic acids is 2. The van der Waals surface area contributed by atoms with E-state index in [0.717, 1.165) is 17.3 Å². The van der Waals surface area contributed by atoms with Crippen molar-refractivity contribution in [3.63, 3.8) is 0 Å². The fraction of sp³-hybridized carbons (Fsp3) is 0.150. The van der Waals surface area contributed by atoms with Crippen LogP contribution in [0.1, 0.15) is 21.6 Å². The normalized spacial score (nSPS) is 11.6. The molecule has 7 heteroatoms. The predicted octanol–water partition coefficient (Wildman–Crippen LogP) is 2.94. The van der Waals surface area contributed by atoms with Gasteiger partial charge in [0.25, 0.3) is 5.91 Å². The Hall–Kier alpha value is -3.06. The lowest BCUT2D eigenvalue weighted by molar-refractivity contribution is -0.123. The topological polar surface area (TPSA) is 71.1 Å². The summed E-state index contributed by atoms with van der Waals surface area (Å²) in [5.74, 6) is -1.33. The predicted molar refractivity (Wildman–Crippen MR) is 102 cm³/mol. The van der Waals surface area contributed by atoms with E-state index in [1.807, 2.05) is 35.7 Å². The largest absolute Gasteiger partial charge is 0.349 e. The van der Waals surface area contributed by atoms with Gasteiger partial charge in [0.1, 0.15) is 11.9 Å². The number of hydrogen-bond acceptors (Lipinski definition) is 4. The number of aromatic nitrogens is 1. The van der Waals surface area contributed by atoms with Crippen LogP contribution >= 0.6 is 11.3 Å². The highest BCUT2D eigenvalue weighted by molar-refractivity contribution is 7.07. The number of nitrogens with one attached hydrogen (secondary N) is 2. The fourth-order valence-electron chi connectivity index (χ4n) is 2.56. The van der Waals surface area contributed by atoms with Gasteiger partial charge in [-0.1, -0.05) is 36.4 Å². The number of carbonyl (C=O) groups is 2. The number of benzene rings is 2. The Labute approximate surface area is 160 Å². The molecule has 27 heavy (non-hydrogen) atoms. The maximum absolute atomic E-state index is 13.4. The van der Waals surface area contributed by atoms with Crippen molar-refractivity contribution in [1.82, 2.24) is 15.6 Å². The van der Waals surface area contributed by atoms with Crippen LogP contribution in [0.3, 0.4) is 0 Å². The summed E-state index contributed by atoms with van der Waals surface area (Å²) in [5.41, 5.74) is 3.52. The van der Waals surface area contributed by atoms with Crippen LogP contribution in [0.25, 0.3) is 0 Å². The minimum absolute atomic E-state index is 0.167. The molecule has 2 aromatic carbocycles. The van der Waals surface area contributed by atoms with Gasteiger partial charge in [0.2, 0.25) is 5.91 Å². The van der Waals surface area contributed by atoms with Crippen molar-refractivity contribution in [2.75, 3.05) is 0 Å². The van der Waals surface area contributed by atoms with Crippen molar-refractivity contribution >= 4 is 23.2 Å². The van der Waals surface area contributed by atoms with Crippen LogP contribution < -0.4 is 10.6 Å². The van der Waals surface area contributed by atoms with Crippen molar-refractivity contribution in [3.05, 3.63) is 88.1 Å². The van der Waals surface area contributed by atoms with Crippen molar-refractivity contribution in [3.8, 4) is 0 Å². The Morgan fingerprint density at radius 1 is 1.11 bits per heavy atom. The molecule has 138 valence electrons. The molecule has 2 N–H and O–H groups in total. The number of hydrogen-bond donors (Lipinski definition) is 2. The zero-order valence-corrected chi connectivity index (χ0v) is 15.2. The molecule has 0 saturated heterocycles. The van der Waals surface area contributed by atoms with Crippen LogP contribution in [0.2, 0.25) is 0 Å². The van der Waals surface area contributed by atoms with Gasteiger partial charge in [0.15, 0.2) is 0 Å². The lowest BCUT2D eigenvalue weighted by Crippen LogP contribution is -2.47. The third kappa shape index (κ3) is 5.46. The van der Waals surface area contributed by atoms with Gasteiger partial charge in [-0.2, -0.15) is 0 Å². The summed E-state index contributed by atoms with van der Waals surface area (Å²) in [6, 6.07) is 14.0. The van der Waals surface area contributed by atoms with E-state index in [1.54, 1.807) is 5.51 Å². The molecule has 0 bridgehead atoms. The molecule has 0 fully saturated rings. The van der Waals surface area contributed by atoms with Crippen molar-refractivity contribution < 1.29 is 14.0 Å². The van der Waals surface area contributed by atoms with Gasteiger partial charge in [-0.05, 0) is 23.8 Å². The molecule has 0 aliphatic carbocycles. The van der Waals surface area contributed by atoms with Crippen LogP contribution in [0.5, 0.6) is 0 Å². The quantitative estimate of drug-likeness (QED) is 0.659. The van der Waals surface area contributed by atoms with Gasteiger partial charge in [0.05, 0.1) is 17.7 Å². The molecule has 3 rings (SSSR count). The van der Waals surface area contributed by atoms with Gasteiger partial charge in [-0.3, -0.25) is 9.59 Å². The summed E-state index contributed by atoms with van der Waals surface area (Å²) in [6.07, 6.45) is 0.324. The van der Waals surface area contributed by atoms with E-state index in [1.165, 1.54) is 29.5 Å². The first kappa shape index (κ1) is 18.7. The Morgan fingerprint density at radius 3 is 2.63 bits per heavy atom. The number of halogens is 1. The first-order chi connectivity index (χ1) is 13.1. The number of amides is 2. The Balaban J connectivity index is 1.72. The van der Waals surface area contributed by atoms with Gasteiger partial charge in [-0.15, -0.1) is 11.3 Å². The van der Waals surface area contributed by atoms with Crippen LogP contribution in [0.15, 0.2) is 65.5 Å². The van der Waals surface area contributed by atoms with E-state index >= 15 is 0 Å². The van der Waals surface area contributed by atoms with Crippen LogP contribution in [-0.4, -0.2) is 22.8 Å². The maximum Gasteiger partial charge on any atom is 0.252 e. The summed E-state index contributed by atoms with van der Waals surface area (Å²) in [4.78, 5) is 29.2. The van der Waals surface area contributed by atoms with E-state index in [4.69, 9.17) is 0 Å². The minimum Gasteiger partial charge on any atom is -0.349 e. The summed E-state index contributed by atoms with van der Waals surface area (Å²) in [5, 5.41) is 7.34. The molecule has 0 unspecified atom stereocenters. The Bertz CT molecular complexity index is 901. The lowest BCUT2D eigenvalue weighted by atomic mass is 10.0. The molecule has 0 radical (unpaired) electrons. The lowest BCUT2D eigenvalue weighted by Gasteiger charge is -2.18. The molecule has 5 nitrogen and oxygen atoms in total. The molecule has 0 saturated carbocycles. The first-order valence-electron chi connectivity index (χ1n) is 8.37. The molecule has 0 spiro atoms. The van der Waals surface area contributed by atoms with Gasteiger partial charge < -0.3 is 10.6 Å². The van der Waals surface area contributed by atoms with Crippen LogP contribution in [-0.2, 0) is 17.8 Å². The number of thiazole rings is 1. The fourth-order valence-corrected chi connectivity index (χ4v) is 3.11. The Kier molecular flexibility index (Phi) is 6.27. The first-order valence-corrected chi connectivity index (χ1v) is 9.31. The molecule has 2 amide bonds. The molecule has 0 aliphatic rings. The Morgan fingerprint density at radius 2 is 1.93 bits per heavy atom. The SMILES string of the molecule is O=C(N[C@H](Cc1ccccc1)C(=O)NCc1cscn1)c1cccc(F)c1. The van der Waals surface area contributed by atoms with Crippen LogP contribution in [0, 0.1) is 5.82 Å². The van der Waals surface area contributed by atoms with E-state index in [0.29, 0.717) is 6.42 Å². The van der Waals surface area contributed by atoms with Gasteiger partial charge in [0, 0.05) is 17.4 Å². The molecular weight excluding hydrogens is 365 g/mol. The summed E-state index contributed by atoms with van der Waals surface area (Å²) in [6.45, 7) is 0.281. The average Bonchev–Trinajstić information content (AvgIpc) is 3.20. The second-order valence-electron chi connectivity index (χ2n) is 5.92. The third-order valence-corrected chi connectivity index (χ3v) is 4.55. The minimum atomic E-state index is -0.790. The van der Waals surface area contributed by atoms with E-state index in [2.05, 4.69) is 15.6 Å². The summed E-state index contributed by atoms with van der Waals surface area (Å²) in [7, 11) is 0. The molecule has 1 atom stereocenters. The zero-order valence-electron chi connectivity index (χ0n) is 14.4. The molecule has 0 aliphatic heterocycles. The molecule has 1 heterocycles. The molecule has 1 aromatic heterocycles. The smallest absolute Gasteiger partial charge is 0.252 e. The van der Waals surface area contributed by atoms with Crippen molar-refractivity contribution in [2.45, 2.75) is 19.0 Å². The highest BCUT2D eigenvalue weighted by Gasteiger charge is 2.22. The van der Waals surface area contributed by atoms with Crippen molar-refractivity contribution in [2.24, 2.45) is 0 Å². The monoisotopic (exact) mass is 383 g/mol. The van der Waals surface area contributed by atoms with E-state index < -0.39 is 17.8 Å². The second kappa shape index (κ2) is 9.05. The number of nitrogens with zero attached hydrogens (tertiary/aromatic N) is 1. The van der Waals surface area contributed by atoms with E-state index in [-0.39, 0.29) is 18.0 Å². The molecule has 3 aromatic rings. The zero-order chi connectivity index (χ0) is 19.1.